The molecule has 0 N–H and O–H groups in total. The van der Waals surface area contributed by atoms with Gasteiger partial charge in [-0.3, -0.25) is 4.79 Å². The van der Waals surface area contributed by atoms with Crippen LogP contribution in [0.2, 0.25) is 0 Å². The predicted molar refractivity (Wildman–Crippen MR) is 68.0 cm³/mol. The fourth-order valence-electron chi connectivity index (χ4n) is 1.35. The fourth-order valence-corrected chi connectivity index (χ4v) is 2.27. The van der Waals surface area contributed by atoms with E-state index in [1.807, 2.05) is 12.1 Å². The van der Waals surface area contributed by atoms with Crippen LogP contribution in [0.15, 0.2) is 29.2 Å². The monoisotopic (exact) mass is 238 g/mol. The van der Waals surface area contributed by atoms with E-state index in [1.54, 1.807) is 18.9 Å². The quantitative estimate of drug-likeness (QED) is 0.539. The van der Waals surface area contributed by atoms with Crippen molar-refractivity contribution in [2.75, 3.05) is 19.5 Å². The number of thioether (sulfide) groups is 1. The summed E-state index contributed by atoms with van der Waals surface area (Å²) in [6, 6.07) is 8.23. The van der Waals surface area contributed by atoms with E-state index >= 15 is 0 Å². The molecule has 1 aromatic rings. The maximum Gasteiger partial charge on any atom is 0.143 e. The van der Waals surface area contributed by atoms with Gasteiger partial charge < -0.3 is 4.74 Å². The third-order valence-corrected chi connectivity index (χ3v) is 3.25. The van der Waals surface area contributed by atoms with Crippen molar-refractivity contribution in [1.29, 1.82) is 0 Å². The second-order valence-electron chi connectivity index (χ2n) is 3.74. The molecule has 88 valence electrons. The van der Waals surface area contributed by atoms with Gasteiger partial charge in [-0.25, -0.2) is 0 Å². The van der Waals surface area contributed by atoms with E-state index in [4.69, 9.17) is 4.74 Å². The lowest BCUT2D eigenvalue weighted by Crippen LogP contribution is -2.03. The van der Waals surface area contributed by atoms with Crippen LogP contribution in [0.5, 0.6) is 0 Å². The molecule has 1 rings (SSSR count). The highest BCUT2D eigenvalue weighted by Crippen LogP contribution is 2.19. The first-order valence-corrected chi connectivity index (χ1v) is 6.41. The first-order valence-electron chi connectivity index (χ1n) is 5.42. The lowest BCUT2D eigenvalue weighted by molar-refractivity contribution is -0.116. The largest absolute Gasteiger partial charge is 0.385 e. The van der Waals surface area contributed by atoms with Crippen molar-refractivity contribution in [2.24, 2.45) is 0 Å². The zero-order chi connectivity index (χ0) is 11.8. The van der Waals surface area contributed by atoms with Crippen molar-refractivity contribution in [3.63, 3.8) is 0 Å². The van der Waals surface area contributed by atoms with Crippen LogP contribution >= 0.6 is 11.8 Å². The number of carbonyl (C=O) groups excluding carboxylic acids is 1. The van der Waals surface area contributed by atoms with Gasteiger partial charge in [0.1, 0.15) is 5.78 Å². The van der Waals surface area contributed by atoms with Gasteiger partial charge in [0.2, 0.25) is 0 Å². The molecule has 0 spiro atoms. The van der Waals surface area contributed by atoms with Gasteiger partial charge >= 0.3 is 0 Å². The van der Waals surface area contributed by atoms with Crippen LogP contribution in [0.3, 0.4) is 0 Å². The molecule has 0 heterocycles. The average Bonchev–Trinajstić information content (AvgIpc) is 2.27. The smallest absolute Gasteiger partial charge is 0.143 e. The molecule has 3 heteroatoms. The van der Waals surface area contributed by atoms with Gasteiger partial charge in [-0.05, 0) is 25.5 Å². The Morgan fingerprint density at radius 2 is 2.25 bits per heavy atom. The highest BCUT2D eigenvalue weighted by atomic mass is 32.2. The minimum atomic E-state index is 0.295. The maximum absolute atomic E-state index is 11.5. The van der Waals surface area contributed by atoms with Crippen molar-refractivity contribution in [2.45, 2.75) is 24.7 Å². The van der Waals surface area contributed by atoms with Crippen LogP contribution in [0, 0.1) is 6.92 Å². The van der Waals surface area contributed by atoms with Crippen molar-refractivity contribution in [3.05, 3.63) is 29.8 Å². The first-order chi connectivity index (χ1) is 7.72. The number of aryl methyl sites for hydroxylation is 1. The number of ketones is 1. The number of carbonyl (C=O) groups is 1. The molecule has 0 saturated carbocycles. The van der Waals surface area contributed by atoms with Gasteiger partial charge in [-0.1, -0.05) is 17.7 Å². The van der Waals surface area contributed by atoms with Crippen LogP contribution in [-0.4, -0.2) is 25.3 Å². The molecule has 16 heavy (non-hydrogen) atoms. The molecule has 0 bridgehead atoms. The average molecular weight is 238 g/mol. The summed E-state index contributed by atoms with van der Waals surface area (Å²) in [5.41, 5.74) is 1.23. The molecular formula is C13H18O2S. The van der Waals surface area contributed by atoms with Crippen LogP contribution in [0.4, 0.5) is 0 Å². The third-order valence-electron chi connectivity index (χ3n) is 2.19. The first kappa shape index (κ1) is 13.3. The standard InChI is InChI=1S/C13H18O2S/c1-11-5-3-7-13(9-11)16-10-12(14)6-4-8-15-2/h3,5,7,9H,4,6,8,10H2,1-2H3. The Morgan fingerprint density at radius 1 is 1.44 bits per heavy atom. The number of hydrogen-bond acceptors (Lipinski definition) is 3. The number of hydrogen-bond donors (Lipinski definition) is 0. The second kappa shape index (κ2) is 7.47. The van der Waals surface area contributed by atoms with Gasteiger partial charge in [0.05, 0.1) is 5.75 Å². The van der Waals surface area contributed by atoms with E-state index in [-0.39, 0.29) is 0 Å². The lowest BCUT2D eigenvalue weighted by atomic mass is 10.2. The molecule has 0 fully saturated rings. The van der Waals surface area contributed by atoms with Gasteiger partial charge in [-0.15, -0.1) is 11.8 Å². The molecule has 0 amide bonds. The van der Waals surface area contributed by atoms with Crippen LogP contribution < -0.4 is 0 Å². The Hall–Kier alpha value is -0.800. The molecule has 1 aromatic carbocycles. The Labute approximate surface area is 101 Å². The lowest BCUT2D eigenvalue weighted by Gasteiger charge is -2.02. The Kier molecular flexibility index (Phi) is 6.19. The Morgan fingerprint density at radius 3 is 2.94 bits per heavy atom. The summed E-state index contributed by atoms with van der Waals surface area (Å²) in [6.45, 7) is 2.73. The van der Waals surface area contributed by atoms with E-state index in [0.29, 0.717) is 24.6 Å². The molecule has 0 aromatic heterocycles. The fraction of sp³-hybridized carbons (Fsp3) is 0.462. The van der Waals surface area contributed by atoms with E-state index in [9.17, 15) is 4.79 Å². The summed E-state index contributed by atoms with van der Waals surface area (Å²) in [7, 11) is 1.66. The predicted octanol–water partition coefficient (Wildman–Crippen LogP) is 3.08. The van der Waals surface area contributed by atoms with Crippen LogP contribution in [-0.2, 0) is 9.53 Å². The van der Waals surface area contributed by atoms with Gasteiger partial charge in [0, 0.05) is 25.0 Å². The number of rotatable bonds is 7. The molecule has 0 atom stereocenters. The zero-order valence-corrected chi connectivity index (χ0v) is 10.7. The Balaban J connectivity index is 2.26. The van der Waals surface area contributed by atoms with E-state index < -0.39 is 0 Å². The topological polar surface area (TPSA) is 26.3 Å². The number of Topliss-reactive ketones (excluding diaryl/α,β-unsaturated/α-hetero) is 1. The maximum atomic E-state index is 11.5. The summed E-state index contributed by atoms with van der Waals surface area (Å²) in [6.07, 6.45) is 1.44. The summed E-state index contributed by atoms with van der Waals surface area (Å²) in [5.74, 6) is 0.858. The number of methoxy groups -OCH3 is 1. The molecular weight excluding hydrogens is 220 g/mol. The van der Waals surface area contributed by atoms with Crippen LogP contribution in [0.1, 0.15) is 18.4 Å². The Bertz CT molecular complexity index is 336. The molecule has 0 radical (unpaired) electrons. The molecule has 0 saturated heterocycles. The zero-order valence-electron chi connectivity index (χ0n) is 9.86. The van der Waals surface area contributed by atoms with E-state index in [0.717, 1.165) is 6.42 Å². The minimum absolute atomic E-state index is 0.295. The highest BCUT2D eigenvalue weighted by Gasteiger charge is 2.03. The van der Waals surface area contributed by atoms with Gasteiger partial charge in [0.15, 0.2) is 0 Å². The second-order valence-corrected chi connectivity index (χ2v) is 4.79. The SMILES string of the molecule is COCCCC(=O)CSc1cccc(C)c1. The van der Waals surface area contributed by atoms with Gasteiger partial charge in [-0.2, -0.15) is 0 Å². The third kappa shape index (κ3) is 5.33. The van der Waals surface area contributed by atoms with Crippen molar-refractivity contribution in [3.8, 4) is 0 Å². The summed E-state index contributed by atoms with van der Waals surface area (Å²) >= 11 is 1.61. The van der Waals surface area contributed by atoms with Crippen LogP contribution in [0.25, 0.3) is 0 Å². The van der Waals surface area contributed by atoms with Crippen molar-refractivity contribution < 1.29 is 9.53 Å². The van der Waals surface area contributed by atoms with Crippen molar-refractivity contribution >= 4 is 17.5 Å². The summed E-state index contributed by atoms with van der Waals surface area (Å²) in [5, 5.41) is 0. The molecule has 2 nitrogen and oxygen atoms in total. The highest BCUT2D eigenvalue weighted by molar-refractivity contribution is 8.00. The summed E-state index contributed by atoms with van der Waals surface area (Å²) in [4.78, 5) is 12.7. The van der Waals surface area contributed by atoms with Crippen molar-refractivity contribution in [1.82, 2.24) is 0 Å². The van der Waals surface area contributed by atoms with E-state index in [2.05, 4.69) is 19.1 Å². The van der Waals surface area contributed by atoms with Gasteiger partial charge in [0.25, 0.3) is 0 Å². The van der Waals surface area contributed by atoms with E-state index in [1.165, 1.54) is 10.5 Å². The molecule has 0 unspecified atom stereocenters. The molecule has 0 aliphatic rings. The minimum Gasteiger partial charge on any atom is -0.385 e. The molecule has 0 aliphatic carbocycles. The molecule has 0 aliphatic heterocycles. The number of ether oxygens (including phenoxy) is 1. The summed E-state index contributed by atoms with van der Waals surface area (Å²) < 4.78 is 4.91. The number of benzene rings is 1. The normalized spacial score (nSPS) is 10.4.